The summed E-state index contributed by atoms with van der Waals surface area (Å²) in [5.41, 5.74) is -0.760. The Labute approximate surface area is 141 Å². The molecule has 0 bridgehead atoms. The van der Waals surface area contributed by atoms with Gasteiger partial charge >= 0.3 is 18.0 Å². The molecule has 0 saturated carbocycles. The van der Waals surface area contributed by atoms with Gasteiger partial charge in [-0.25, -0.2) is 9.59 Å². The fourth-order valence-corrected chi connectivity index (χ4v) is 2.80. The monoisotopic (exact) mass is 343 g/mol. The highest BCUT2D eigenvalue weighted by molar-refractivity contribution is 5.88. The van der Waals surface area contributed by atoms with Gasteiger partial charge in [0, 0.05) is 18.4 Å². The van der Waals surface area contributed by atoms with Crippen molar-refractivity contribution in [3.05, 3.63) is 0 Å². The number of likely N-dealkylation sites (tertiary alicyclic amines) is 1. The van der Waals surface area contributed by atoms with E-state index in [-0.39, 0.29) is 18.7 Å². The van der Waals surface area contributed by atoms with E-state index in [1.54, 1.807) is 20.8 Å². The van der Waals surface area contributed by atoms with Crippen LogP contribution in [0.25, 0.3) is 0 Å². The number of hydrogen-bond acceptors (Lipinski definition) is 7. The van der Waals surface area contributed by atoms with Crippen LogP contribution in [0, 0.1) is 11.8 Å². The second-order valence-corrected chi connectivity index (χ2v) is 6.76. The number of hydrogen-bond donors (Lipinski definition) is 0. The lowest BCUT2D eigenvalue weighted by atomic mass is 9.85. The SMILES string of the molecule is COC(=O)C[C@H]1[C@@H](C(C)=O)CN(C(=O)OC(C)(C)C)[C@@H]1C(=O)OC. The van der Waals surface area contributed by atoms with Crippen molar-refractivity contribution < 1.29 is 33.4 Å². The molecule has 8 heteroatoms. The van der Waals surface area contributed by atoms with Crippen LogP contribution in [0.1, 0.15) is 34.1 Å². The number of ketones is 1. The van der Waals surface area contributed by atoms with E-state index in [0.717, 1.165) is 4.90 Å². The Hall–Kier alpha value is -2.12. The molecule has 24 heavy (non-hydrogen) atoms. The minimum absolute atomic E-state index is 0.00826. The van der Waals surface area contributed by atoms with Crippen LogP contribution in [0.15, 0.2) is 0 Å². The first kappa shape index (κ1) is 19.9. The maximum Gasteiger partial charge on any atom is 0.411 e. The number of carbonyl (C=O) groups excluding carboxylic acids is 4. The summed E-state index contributed by atoms with van der Waals surface area (Å²) in [5, 5.41) is 0. The third-order valence-corrected chi connectivity index (χ3v) is 3.87. The molecule has 136 valence electrons. The van der Waals surface area contributed by atoms with Crippen LogP contribution in [0.3, 0.4) is 0 Å². The van der Waals surface area contributed by atoms with E-state index >= 15 is 0 Å². The van der Waals surface area contributed by atoms with Gasteiger partial charge in [-0.15, -0.1) is 0 Å². The summed E-state index contributed by atoms with van der Waals surface area (Å²) in [7, 11) is 2.41. The summed E-state index contributed by atoms with van der Waals surface area (Å²) in [6, 6.07) is -1.07. The molecule has 1 rings (SSSR count). The van der Waals surface area contributed by atoms with E-state index in [0.29, 0.717) is 0 Å². The fourth-order valence-electron chi connectivity index (χ4n) is 2.80. The van der Waals surface area contributed by atoms with Crippen molar-refractivity contribution in [2.45, 2.75) is 45.8 Å². The van der Waals surface area contributed by atoms with Gasteiger partial charge in [0.15, 0.2) is 0 Å². The largest absolute Gasteiger partial charge is 0.469 e. The predicted molar refractivity (Wildman–Crippen MR) is 83.0 cm³/mol. The number of esters is 2. The maximum atomic E-state index is 12.4. The van der Waals surface area contributed by atoms with Gasteiger partial charge in [0.1, 0.15) is 17.4 Å². The van der Waals surface area contributed by atoms with Crippen LogP contribution in [0.5, 0.6) is 0 Å². The first-order valence-corrected chi connectivity index (χ1v) is 7.66. The highest BCUT2D eigenvalue weighted by Gasteiger charge is 2.51. The Morgan fingerprint density at radius 2 is 1.67 bits per heavy atom. The number of amides is 1. The van der Waals surface area contributed by atoms with E-state index in [4.69, 9.17) is 9.47 Å². The molecule has 0 aromatic carbocycles. The van der Waals surface area contributed by atoms with Gasteiger partial charge in [0.05, 0.1) is 20.6 Å². The van der Waals surface area contributed by atoms with Crippen molar-refractivity contribution in [2.24, 2.45) is 11.8 Å². The summed E-state index contributed by atoms with van der Waals surface area (Å²) in [6.45, 7) is 6.45. The van der Waals surface area contributed by atoms with Crippen LogP contribution < -0.4 is 0 Å². The molecule has 1 fully saturated rings. The topological polar surface area (TPSA) is 99.2 Å². The lowest BCUT2D eigenvalue weighted by Crippen LogP contribution is -2.46. The summed E-state index contributed by atoms with van der Waals surface area (Å²) in [6.07, 6.45) is -0.892. The third kappa shape index (κ3) is 4.69. The molecule has 0 radical (unpaired) electrons. The first-order chi connectivity index (χ1) is 11.0. The minimum Gasteiger partial charge on any atom is -0.469 e. The van der Waals surface area contributed by atoms with Crippen LogP contribution in [0.4, 0.5) is 4.79 Å². The van der Waals surface area contributed by atoms with Gasteiger partial charge in [-0.1, -0.05) is 0 Å². The molecule has 1 amide bonds. The predicted octanol–water partition coefficient (Wildman–Crippen LogP) is 1.16. The Morgan fingerprint density at radius 1 is 1.08 bits per heavy atom. The Kier molecular flexibility index (Phi) is 6.34. The van der Waals surface area contributed by atoms with E-state index in [2.05, 4.69) is 4.74 Å². The molecule has 0 spiro atoms. The summed E-state index contributed by atoms with van der Waals surface area (Å²) >= 11 is 0. The molecule has 0 aliphatic carbocycles. The number of ether oxygens (including phenoxy) is 3. The van der Waals surface area contributed by atoms with E-state index < -0.39 is 41.5 Å². The Morgan fingerprint density at radius 3 is 2.08 bits per heavy atom. The van der Waals surface area contributed by atoms with Gasteiger partial charge in [-0.2, -0.15) is 0 Å². The quantitative estimate of drug-likeness (QED) is 0.558. The molecule has 0 aromatic rings. The van der Waals surface area contributed by atoms with E-state index in [1.165, 1.54) is 21.1 Å². The normalized spacial score (nSPS) is 23.6. The summed E-state index contributed by atoms with van der Waals surface area (Å²) in [5.74, 6) is -2.86. The molecular weight excluding hydrogens is 318 g/mol. The molecule has 1 saturated heterocycles. The maximum absolute atomic E-state index is 12.4. The van der Waals surface area contributed by atoms with E-state index in [9.17, 15) is 19.2 Å². The van der Waals surface area contributed by atoms with Crippen LogP contribution in [0.2, 0.25) is 0 Å². The van der Waals surface area contributed by atoms with Gasteiger partial charge in [-0.05, 0) is 27.7 Å². The van der Waals surface area contributed by atoms with Crippen LogP contribution in [-0.4, -0.2) is 61.1 Å². The molecule has 3 atom stereocenters. The number of nitrogens with zero attached hydrogens (tertiary/aromatic N) is 1. The van der Waals surface area contributed by atoms with Crippen LogP contribution in [-0.2, 0) is 28.6 Å². The number of rotatable bonds is 4. The molecule has 0 N–H and O–H groups in total. The zero-order valence-electron chi connectivity index (χ0n) is 15.0. The summed E-state index contributed by atoms with van der Waals surface area (Å²) in [4.78, 5) is 49.4. The van der Waals surface area contributed by atoms with Crippen molar-refractivity contribution >= 4 is 23.8 Å². The number of Topliss-reactive ketones (excluding diaryl/α,β-unsaturated/α-hetero) is 1. The third-order valence-electron chi connectivity index (χ3n) is 3.87. The Balaban J connectivity index is 3.18. The highest BCUT2D eigenvalue weighted by atomic mass is 16.6. The second-order valence-electron chi connectivity index (χ2n) is 6.76. The van der Waals surface area contributed by atoms with Gasteiger partial charge in [-0.3, -0.25) is 14.5 Å². The Bertz CT molecular complexity index is 523. The number of methoxy groups -OCH3 is 2. The van der Waals surface area contributed by atoms with Crippen molar-refractivity contribution in [1.29, 1.82) is 0 Å². The first-order valence-electron chi connectivity index (χ1n) is 7.66. The second kappa shape index (κ2) is 7.63. The smallest absolute Gasteiger partial charge is 0.411 e. The van der Waals surface area contributed by atoms with Crippen molar-refractivity contribution in [1.82, 2.24) is 4.90 Å². The van der Waals surface area contributed by atoms with Gasteiger partial charge < -0.3 is 14.2 Å². The van der Waals surface area contributed by atoms with Crippen molar-refractivity contribution in [2.75, 3.05) is 20.8 Å². The molecule has 1 aliphatic heterocycles. The van der Waals surface area contributed by atoms with Crippen molar-refractivity contribution in [3.8, 4) is 0 Å². The summed E-state index contributed by atoms with van der Waals surface area (Å²) < 4.78 is 14.7. The van der Waals surface area contributed by atoms with E-state index in [1.807, 2.05) is 0 Å². The molecule has 8 nitrogen and oxygen atoms in total. The molecule has 1 aliphatic rings. The average Bonchev–Trinajstić information content (AvgIpc) is 2.84. The molecule has 0 unspecified atom stereocenters. The van der Waals surface area contributed by atoms with Gasteiger partial charge in [0.25, 0.3) is 0 Å². The highest BCUT2D eigenvalue weighted by Crippen LogP contribution is 2.35. The molecule has 0 aromatic heterocycles. The standard InChI is InChI=1S/C16H25NO7/c1-9(18)11-8-17(15(21)24-16(2,3)4)13(14(20)23-6)10(11)7-12(19)22-5/h10-11,13H,7-8H2,1-6H3/t10-,11+,13-/m0/s1. The van der Waals surface area contributed by atoms with Crippen molar-refractivity contribution in [3.63, 3.8) is 0 Å². The minimum atomic E-state index is -1.07. The zero-order chi connectivity index (χ0) is 18.7. The lowest BCUT2D eigenvalue weighted by Gasteiger charge is -2.28. The average molecular weight is 343 g/mol. The lowest BCUT2D eigenvalue weighted by molar-refractivity contribution is -0.149. The fraction of sp³-hybridized carbons (Fsp3) is 0.750. The zero-order valence-corrected chi connectivity index (χ0v) is 15.0. The molecular formula is C16H25NO7. The molecule has 1 heterocycles. The van der Waals surface area contributed by atoms with Gasteiger partial charge in [0.2, 0.25) is 0 Å². The van der Waals surface area contributed by atoms with Crippen LogP contribution >= 0.6 is 0 Å². The number of carbonyl (C=O) groups is 4.